The Labute approximate surface area is 801 Å². The van der Waals surface area contributed by atoms with Gasteiger partial charge in [-0.05, 0) is 220 Å². The quantitative estimate of drug-likeness (QED) is 0.0252. The van der Waals surface area contributed by atoms with Crippen molar-refractivity contribution in [3.05, 3.63) is 308 Å². The van der Waals surface area contributed by atoms with Crippen LogP contribution in [0.15, 0.2) is 290 Å². The number of rotatable bonds is 19. The molecule has 0 bridgehead atoms. The zero-order valence-electron chi connectivity index (χ0n) is 72.6. The van der Waals surface area contributed by atoms with E-state index in [0.717, 1.165) is 118 Å². The number of amides is 3. The maximum absolute atomic E-state index is 13.6. The van der Waals surface area contributed by atoms with Gasteiger partial charge >= 0.3 is 76.4 Å². The standard InChI is InChI=1S/C42H39F3N6O4S2.C33H24F3N5S2.C21H20F3N3O2S.2BrH.Cu/c1-26-12-8-18-32(20-26)50(38(52)54-40(2,3)4)36-46-34(24-56-36)27-13-9-16-30(21-27)48-49-31-17-10-14-28(22-31)35-25-57-37(47-35)51(39(53)55-41(5,6)7)33-19-11-15-29(23-33)42(43,44)45;1-21-6-2-11-26(14-21)37-32-39-30(20-43-32)24-9-5-13-28(18-24)41-40-27-12-4-8-23(17-27)29-19-42-31(38-29)16-22-7-3-10-25(15-22)33(34,35)36;1-20(2,3)29-19(28)27(16-9-5-7-14(11-16)21(22,23)24)18-26-17(12-30-18)13-6-4-8-15(25)10-13;;;/h8-25H,1-7H3;2-15,17-20H,16H2,1H3,(H,37,39);4-12H,25H2,1-3H3;2*1H;/q;;;;;+2/p-2. The number of nitrogen functional groups attached to an aromatic ring is 1. The number of carbonyl (C=O) groups is 3. The van der Waals surface area contributed by atoms with E-state index in [1.54, 1.807) is 113 Å². The molecule has 0 aliphatic rings. The second-order valence-electron chi connectivity index (χ2n) is 32.2. The van der Waals surface area contributed by atoms with Crippen molar-refractivity contribution >= 4 is 175 Å². The number of azo groups is 2. The van der Waals surface area contributed by atoms with Crippen LogP contribution in [0.1, 0.15) is 101 Å². The molecule has 0 spiro atoms. The molecule has 20 nitrogen and oxygen atoms in total. The molecular formula is C96H83Br2CuF9N14O6S5. The number of benzene rings is 10. The van der Waals surface area contributed by atoms with E-state index in [9.17, 15) is 53.9 Å². The molecule has 0 aliphatic heterocycles. The fourth-order valence-corrected chi connectivity index (χ4v) is 16.5. The van der Waals surface area contributed by atoms with Crippen LogP contribution in [0.3, 0.4) is 0 Å². The summed E-state index contributed by atoms with van der Waals surface area (Å²) in [7, 11) is 0. The molecule has 15 aromatic rings. The Morgan fingerprint density at radius 1 is 0.376 bits per heavy atom. The SMILES string of the molecule is CC(C)(C)OC(=O)N(c1cccc(C(F)(F)F)c1)c1nc(-c2cccc(N)c2)cs1.Cc1cccc(N(C(=O)OC(C)(C)C)c2nc(-c3cccc(N=Nc4cccc(-c5csc(N(C(=O)OC(C)(C)C)c6cccc(C(F)(F)F)c6)n5)c4)c3)cs2)c1.Cc1cccc(Nc2nc(-c3cccc(N=Nc4cccc(-c5csc(Cc6cccc(C(F)(F)F)c6)n5)c4)c3)cs2)c1.[Br][Cu][Br]. The molecule has 0 fully saturated rings. The molecule has 0 atom stereocenters. The summed E-state index contributed by atoms with van der Waals surface area (Å²) in [6, 6.07) is 66.8. The molecule has 5 aromatic heterocycles. The van der Waals surface area contributed by atoms with Gasteiger partial charge in [-0.3, -0.25) is 0 Å². The van der Waals surface area contributed by atoms with Crippen LogP contribution in [0.2, 0.25) is 0 Å². The Kier molecular flexibility index (Phi) is 32.8. The Bertz CT molecular complexity index is 6640. The maximum atomic E-state index is 13.6. The third-order valence-corrected chi connectivity index (χ3v) is 22.2. The van der Waals surface area contributed by atoms with E-state index in [1.807, 2.05) is 147 Å². The molecule has 691 valence electrons. The normalized spacial score (nSPS) is 11.8. The topological polar surface area (TPSA) is 241 Å². The van der Waals surface area contributed by atoms with Gasteiger partial charge in [-0.2, -0.15) is 60.0 Å². The third-order valence-electron chi connectivity index (χ3n) is 18.1. The first-order valence-corrected chi connectivity index (χ1v) is 49.2. The predicted molar refractivity (Wildman–Crippen MR) is 516 cm³/mol. The predicted octanol–water partition coefficient (Wildman–Crippen LogP) is 33.0. The van der Waals surface area contributed by atoms with E-state index in [-0.39, 0.29) is 21.6 Å². The second-order valence-corrected chi connectivity index (χ2v) is 41.3. The van der Waals surface area contributed by atoms with Gasteiger partial charge < -0.3 is 25.3 Å². The number of thiazole rings is 5. The van der Waals surface area contributed by atoms with Crippen LogP contribution < -0.4 is 25.8 Å². The van der Waals surface area contributed by atoms with Gasteiger partial charge in [0.2, 0.25) is 0 Å². The van der Waals surface area contributed by atoms with Crippen molar-refractivity contribution in [2.24, 2.45) is 20.5 Å². The summed E-state index contributed by atoms with van der Waals surface area (Å²) in [5.74, 6) is 0. The molecule has 133 heavy (non-hydrogen) atoms. The van der Waals surface area contributed by atoms with Crippen LogP contribution >= 0.6 is 84.9 Å². The van der Waals surface area contributed by atoms with Gasteiger partial charge in [0.05, 0.1) is 90.0 Å². The number of carbonyl (C=O) groups excluding carboxylic acids is 3. The van der Waals surface area contributed by atoms with Crippen molar-refractivity contribution in [1.29, 1.82) is 0 Å². The first-order chi connectivity index (χ1) is 63.0. The van der Waals surface area contributed by atoms with Gasteiger partial charge in [0, 0.05) is 72.5 Å². The van der Waals surface area contributed by atoms with E-state index < -0.39 is 70.3 Å². The number of alkyl halides is 9. The number of anilines is 9. The van der Waals surface area contributed by atoms with Crippen LogP contribution in [-0.2, 0) is 50.5 Å². The Morgan fingerprint density at radius 2 is 0.692 bits per heavy atom. The molecule has 15 rings (SSSR count). The Morgan fingerprint density at radius 3 is 1.07 bits per heavy atom. The number of nitrogens with two attached hydrogens (primary N) is 1. The molecule has 0 saturated heterocycles. The van der Waals surface area contributed by atoms with Gasteiger partial charge in [-0.15, -0.1) is 56.7 Å². The number of halogens is 11. The van der Waals surface area contributed by atoms with E-state index in [4.69, 9.17) is 29.9 Å². The van der Waals surface area contributed by atoms with E-state index in [1.165, 1.54) is 92.2 Å². The number of nitrogens with zero attached hydrogens (tertiary/aromatic N) is 12. The Hall–Kier alpha value is -12.2. The molecule has 0 unspecified atom stereocenters. The van der Waals surface area contributed by atoms with Crippen LogP contribution in [0, 0.1) is 13.8 Å². The van der Waals surface area contributed by atoms with Crippen molar-refractivity contribution in [3.8, 4) is 56.3 Å². The molecule has 3 N–H and O–H groups in total. The molecule has 0 saturated carbocycles. The van der Waals surface area contributed by atoms with E-state index in [0.29, 0.717) is 73.9 Å². The van der Waals surface area contributed by atoms with Crippen molar-refractivity contribution < 1.29 is 79.4 Å². The van der Waals surface area contributed by atoms with Crippen LogP contribution in [-0.4, -0.2) is 60.0 Å². The minimum absolute atomic E-state index is 0.00699. The average Bonchev–Trinajstić information content (AvgIpc) is 1.73. The molecule has 3 amide bonds. The summed E-state index contributed by atoms with van der Waals surface area (Å²) < 4.78 is 136. The number of nitrogens with one attached hydrogen (secondary N) is 1. The number of hydrogen-bond acceptors (Lipinski definition) is 22. The summed E-state index contributed by atoms with van der Waals surface area (Å²) in [5, 5.41) is 32.6. The summed E-state index contributed by atoms with van der Waals surface area (Å²) in [6.07, 6.45) is -15.4. The number of ether oxygens (including phenoxy) is 3. The number of hydrogen-bond donors (Lipinski definition) is 2. The van der Waals surface area contributed by atoms with Crippen molar-refractivity contribution in [2.75, 3.05) is 25.8 Å². The van der Waals surface area contributed by atoms with Gasteiger partial charge in [-0.1, -0.05) is 115 Å². The number of aromatic nitrogens is 5. The molecule has 0 radical (unpaired) electrons. The Balaban J connectivity index is 0.000000186. The summed E-state index contributed by atoms with van der Waals surface area (Å²) >= 11 is 13.8. The zero-order valence-corrected chi connectivity index (χ0v) is 80.8. The van der Waals surface area contributed by atoms with Crippen molar-refractivity contribution in [1.82, 2.24) is 24.9 Å². The second kappa shape index (κ2) is 43.7. The first kappa shape index (κ1) is 99.8. The van der Waals surface area contributed by atoms with Gasteiger partial charge in [0.15, 0.2) is 20.5 Å². The zero-order chi connectivity index (χ0) is 95.7. The number of aryl methyl sites for hydroxylation is 2. The fourth-order valence-electron chi connectivity index (χ4n) is 12.4. The van der Waals surface area contributed by atoms with E-state index >= 15 is 0 Å². The summed E-state index contributed by atoms with van der Waals surface area (Å²) in [5.41, 5.74) is 15.4. The average molecular weight is 2080 g/mol. The molecule has 37 heteroatoms. The van der Waals surface area contributed by atoms with Crippen molar-refractivity contribution in [3.63, 3.8) is 0 Å². The van der Waals surface area contributed by atoms with Gasteiger partial charge in [0.25, 0.3) is 0 Å². The molecule has 0 aliphatic carbocycles. The monoisotopic (exact) mass is 2080 g/mol. The molecule has 5 heterocycles. The summed E-state index contributed by atoms with van der Waals surface area (Å²) in [6.45, 7) is 19.5. The minimum atomic E-state index is -4.61. The van der Waals surface area contributed by atoms with Crippen LogP contribution in [0.4, 0.5) is 126 Å². The third kappa shape index (κ3) is 28.9. The fraction of sp³-hybridized carbons (Fsp3) is 0.188. The molecular weight excluding hydrogens is 2000 g/mol. The first-order valence-electron chi connectivity index (χ1n) is 40.2. The van der Waals surface area contributed by atoms with Gasteiger partial charge in [-0.25, -0.2) is 54.0 Å². The van der Waals surface area contributed by atoms with Crippen LogP contribution in [0.25, 0.3) is 56.3 Å². The van der Waals surface area contributed by atoms with Crippen LogP contribution in [0.5, 0.6) is 0 Å². The van der Waals surface area contributed by atoms with E-state index in [2.05, 4.69) is 88.0 Å². The molecule has 10 aromatic carbocycles. The van der Waals surface area contributed by atoms with Crippen molar-refractivity contribution in [2.45, 2.75) is 118 Å². The van der Waals surface area contributed by atoms with Gasteiger partial charge in [0.1, 0.15) is 16.8 Å². The summed E-state index contributed by atoms with van der Waals surface area (Å²) in [4.78, 5) is 66.5.